The van der Waals surface area contributed by atoms with Crippen molar-refractivity contribution < 1.29 is 9.47 Å². The Kier molecular flexibility index (Phi) is 3.63. The molecule has 3 rings (SSSR count). The van der Waals surface area contributed by atoms with E-state index in [1.807, 2.05) is 12.1 Å². The summed E-state index contributed by atoms with van der Waals surface area (Å²) >= 11 is 0. The summed E-state index contributed by atoms with van der Waals surface area (Å²) in [5.41, 5.74) is 8.30. The van der Waals surface area contributed by atoms with Gasteiger partial charge in [-0.2, -0.15) is 0 Å². The molecule has 1 aromatic heterocycles. The lowest BCUT2D eigenvalue weighted by Gasteiger charge is -2.34. The predicted octanol–water partition coefficient (Wildman–Crippen LogP) is 2.59. The number of hydrogen-bond donors (Lipinski definition) is 1. The molecule has 5 heteroatoms. The molecule has 0 atom stereocenters. The van der Waals surface area contributed by atoms with Gasteiger partial charge in [-0.3, -0.25) is 0 Å². The number of fused-ring (bicyclic) bond motifs is 1. The van der Waals surface area contributed by atoms with Crippen LogP contribution in [0.2, 0.25) is 0 Å². The van der Waals surface area contributed by atoms with E-state index < -0.39 is 5.54 Å². The lowest BCUT2D eigenvalue weighted by Crippen LogP contribution is -2.44. The van der Waals surface area contributed by atoms with Gasteiger partial charge >= 0.3 is 0 Å². The Balaban J connectivity index is 2.18. The van der Waals surface area contributed by atoms with Gasteiger partial charge in [0.15, 0.2) is 0 Å². The molecule has 2 heterocycles. The lowest BCUT2D eigenvalue weighted by molar-refractivity contribution is 0.0477. The second kappa shape index (κ2) is 5.31. The summed E-state index contributed by atoms with van der Waals surface area (Å²) < 4.78 is 13.0. The van der Waals surface area contributed by atoms with Crippen LogP contribution >= 0.6 is 0 Å². The number of rotatable bonds is 3. The molecule has 5 nitrogen and oxygen atoms in total. The Hall–Kier alpha value is -1.59. The van der Waals surface area contributed by atoms with E-state index in [0.29, 0.717) is 19.3 Å². The van der Waals surface area contributed by atoms with Crippen LogP contribution in [-0.2, 0) is 10.3 Å². The summed E-state index contributed by atoms with van der Waals surface area (Å²) in [7, 11) is 1.67. The fourth-order valence-corrected chi connectivity index (χ4v) is 3.04. The summed E-state index contributed by atoms with van der Waals surface area (Å²) in [4.78, 5) is 4.84. The van der Waals surface area contributed by atoms with Gasteiger partial charge in [-0.25, -0.2) is 4.98 Å². The van der Waals surface area contributed by atoms with Crippen LogP contribution in [0.25, 0.3) is 11.0 Å². The average molecular weight is 289 g/mol. The summed E-state index contributed by atoms with van der Waals surface area (Å²) in [6, 6.07) is 6.31. The molecule has 2 N–H and O–H groups in total. The van der Waals surface area contributed by atoms with Crippen molar-refractivity contribution in [3.63, 3.8) is 0 Å². The minimum Gasteiger partial charge on any atom is -0.497 e. The van der Waals surface area contributed by atoms with Crippen LogP contribution in [0.4, 0.5) is 0 Å². The van der Waals surface area contributed by atoms with Crippen LogP contribution in [0.1, 0.15) is 38.6 Å². The van der Waals surface area contributed by atoms with Gasteiger partial charge in [-0.05, 0) is 38.8 Å². The number of aromatic nitrogens is 2. The van der Waals surface area contributed by atoms with E-state index >= 15 is 0 Å². The van der Waals surface area contributed by atoms with E-state index in [1.165, 1.54) is 0 Å². The second-order valence-corrected chi connectivity index (χ2v) is 6.02. The molecule has 1 aromatic carbocycles. The molecule has 1 fully saturated rings. The topological polar surface area (TPSA) is 62.3 Å². The zero-order valence-electron chi connectivity index (χ0n) is 12.9. The third kappa shape index (κ3) is 2.40. The van der Waals surface area contributed by atoms with Crippen molar-refractivity contribution in [3.8, 4) is 5.75 Å². The number of hydrogen-bond acceptors (Lipinski definition) is 4. The minimum absolute atomic E-state index is 0.307. The Morgan fingerprint density at radius 1 is 1.33 bits per heavy atom. The van der Waals surface area contributed by atoms with Gasteiger partial charge in [0.1, 0.15) is 11.6 Å². The van der Waals surface area contributed by atoms with Gasteiger partial charge in [0.2, 0.25) is 0 Å². The van der Waals surface area contributed by atoms with Crippen LogP contribution in [0.5, 0.6) is 5.75 Å². The number of methoxy groups -OCH3 is 1. The first-order valence-corrected chi connectivity index (χ1v) is 7.48. The first-order chi connectivity index (χ1) is 10.0. The maximum atomic E-state index is 6.66. The molecule has 1 aliphatic rings. The Labute approximate surface area is 125 Å². The highest BCUT2D eigenvalue weighted by Gasteiger charge is 2.35. The monoisotopic (exact) mass is 289 g/mol. The molecule has 0 aliphatic carbocycles. The molecule has 0 bridgehead atoms. The van der Waals surface area contributed by atoms with Gasteiger partial charge in [0, 0.05) is 25.3 Å². The van der Waals surface area contributed by atoms with E-state index in [9.17, 15) is 0 Å². The van der Waals surface area contributed by atoms with Crippen molar-refractivity contribution in [2.45, 2.75) is 38.3 Å². The molecule has 0 amide bonds. The maximum Gasteiger partial charge on any atom is 0.130 e. The Bertz CT molecular complexity index is 642. The first-order valence-electron chi connectivity index (χ1n) is 7.48. The molecule has 0 saturated carbocycles. The molecule has 0 radical (unpaired) electrons. The fraction of sp³-hybridized carbons (Fsp3) is 0.562. The largest absolute Gasteiger partial charge is 0.497 e. The summed E-state index contributed by atoms with van der Waals surface area (Å²) in [5, 5.41) is 0. The molecule has 1 saturated heterocycles. The molecular weight excluding hydrogens is 266 g/mol. The fourth-order valence-electron chi connectivity index (χ4n) is 3.04. The van der Waals surface area contributed by atoms with Crippen LogP contribution in [0, 0.1) is 0 Å². The van der Waals surface area contributed by atoms with Crippen LogP contribution in [-0.4, -0.2) is 29.9 Å². The number of imidazole rings is 1. The smallest absolute Gasteiger partial charge is 0.130 e. The summed E-state index contributed by atoms with van der Waals surface area (Å²) in [6.07, 6.45) is 1.61. The quantitative estimate of drug-likeness (QED) is 0.943. The SMILES string of the molecule is COc1ccc2c(c1)nc(C1(N)CCOCC1)n2C(C)C. The number of nitrogens with two attached hydrogens (primary N) is 1. The van der Waals surface area contributed by atoms with Gasteiger partial charge in [0.05, 0.1) is 23.7 Å². The zero-order chi connectivity index (χ0) is 15.0. The second-order valence-electron chi connectivity index (χ2n) is 6.02. The number of ether oxygens (including phenoxy) is 2. The Morgan fingerprint density at radius 2 is 2.05 bits per heavy atom. The molecule has 0 spiro atoms. The van der Waals surface area contributed by atoms with Gasteiger partial charge in [-0.15, -0.1) is 0 Å². The van der Waals surface area contributed by atoms with Crippen molar-refractivity contribution in [2.75, 3.05) is 20.3 Å². The Morgan fingerprint density at radius 3 is 2.67 bits per heavy atom. The minimum atomic E-state index is -0.408. The normalized spacial score (nSPS) is 18.3. The van der Waals surface area contributed by atoms with Crippen molar-refractivity contribution in [1.29, 1.82) is 0 Å². The third-order valence-electron chi connectivity index (χ3n) is 4.24. The number of benzene rings is 1. The highest BCUT2D eigenvalue weighted by molar-refractivity contribution is 5.78. The zero-order valence-corrected chi connectivity index (χ0v) is 12.9. The molecule has 0 unspecified atom stereocenters. The van der Waals surface area contributed by atoms with Crippen molar-refractivity contribution >= 4 is 11.0 Å². The van der Waals surface area contributed by atoms with Gasteiger partial charge in [0.25, 0.3) is 0 Å². The molecule has 21 heavy (non-hydrogen) atoms. The van der Waals surface area contributed by atoms with E-state index in [1.54, 1.807) is 7.11 Å². The van der Waals surface area contributed by atoms with E-state index in [0.717, 1.165) is 35.4 Å². The van der Waals surface area contributed by atoms with Crippen LogP contribution in [0.3, 0.4) is 0 Å². The highest BCUT2D eigenvalue weighted by Crippen LogP contribution is 2.34. The van der Waals surface area contributed by atoms with E-state index in [-0.39, 0.29) is 0 Å². The van der Waals surface area contributed by atoms with Crippen LogP contribution < -0.4 is 10.5 Å². The van der Waals surface area contributed by atoms with Crippen LogP contribution in [0.15, 0.2) is 18.2 Å². The lowest BCUT2D eigenvalue weighted by atomic mass is 9.90. The van der Waals surface area contributed by atoms with E-state index in [4.69, 9.17) is 20.2 Å². The number of nitrogens with zero attached hydrogens (tertiary/aromatic N) is 2. The van der Waals surface area contributed by atoms with Gasteiger partial charge in [-0.1, -0.05) is 0 Å². The maximum absolute atomic E-state index is 6.66. The first kappa shape index (κ1) is 14.4. The average Bonchev–Trinajstić information content (AvgIpc) is 2.87. The standard InChI is InChI=1S/C16H23N3O2/c1-11(2)19-14-5-4-12(20-3)10-13(14)18-15(19)16(17)6-8-21-9-7-16/h4-5,10-11H,6-9,17H2,1-3H3. The third-order valence-corrected chi connectivity index (χ3v) is 4.24. The molecule has 2 aromatic rings. The summed E-state index contributed by atoms with van der Waals surface area (Å²) in [6.45, 7) is 5.72. The van der Waals surface area contributed by atoms with Crippen molar-refractivity contribution in [3.05, 3.63) is 24.0 Å². The molecule has 1 aliphatic heterocycles. The predicted molar refractivity (Wildman–Crippen MR) is 82.6 cm³/mol. The van der Waals surface area contributed by atoms with Crippen molar-refractivity contribution in [1.82, 2.24) is 9.55 Å². The molecule has 114 valence electrons. The highest BCUT2D eigenvalue weighted by atomic mass is 16.5. The molecular formula is C16H23N3O2. The van der Waals surface area contributed by atoms with Gasteiger partial charge < -0.3 is 19.8 Å². The van der Waals surface area contributed by atoms with E-state index in [2.05, 4.69) is 24.5 Å². The summed E-state index contributed by atoms with van der Waals surface area (Å²) in [5.74, 6) is 1.78. The van der Waals surface area contributed by atoms with Crippen molar-refractivity contribution in [2.24, 2.45) is 5.73 Å².